The second kappa shape index (κ2) is 6.68. The maximum absolute atomic E-state index is 13.1. The van der Waals surface area contributed by atoms with Crippen molar-refractivity contribution < 1.29 is 12.8 Å². The van der Waals surface area contributed by atoms with E-state index < -0.39 is 10.0 Å². The van der Waals surface area contributed by atoms with Crippen molar-refractivity contribution >= 4 is 15.7 Å². The van der Waals surface area contributed by atoms with E-state index in [9.17, 15) is 12.8 Å². The molecule has 0 unspecified atom stereocenters. The highest BCUT2D eigenvalue weighted by molar-refractivity contribution is 7.92. The lowest BCUT2D eigenvalue weighted by Crippen LogP contribution is -2.29. The van der Waals surface area contributed by atoms with Gasteiger partial charge in [-0.2, -0.15) is 5.10 Å². The van der Waals surface area contributed by atoms with Gasteiger partial charge in [0.15, 0.2) is 0 Å². The second-order valence-electron chi connectivity index (χ2n) is 5.57. The first-order chi connectivity index (χ1) is 11.9. The molecule has 0 fully saturated rings. The molecule has 0 bridgehead atoms. The molecular weight excluding hydrogens is 341 g/mol. The molecule has 0 radical (unpaired) electrons. The van der Waals surface area contributed by atoms with E-state index in [2.05, 4.69) is 5.10 Å². The fraction of sp³-hybridized carbons (Fsp3) is 0.167. The Morgan fingerprint density at radius 1 is 1.08 bits per heavy atom. The van der Waals surface area contributed by atoms with Crippen molar-refractivity contribution in [2.45, 2.75) is 6.92 Å². The minimum absolute atomic E-state index is 0.312. The van der Waals surface area contributed by atoms with Gasteiger partial charge >= 0.3 is 0 Å². The summed E-state index contributed by atoms with van der Waals surface area (Å²) in [6.07, 6.45) is 2.94. The summed E-state index contributed by atoms with van der Waals surface area (Å²) in [4.78, 5) is 0. The summed E-state index contributed by atoms with van der Waals surface area (Å²) in [5.74, 6) is -0.312. The van der Waals surface area contributed by atoms with E-state index in [4.69, 9.17) is 0 Å². The fourth-order valence-electron chi connectivity index (χ4n) is 2.70. The fourth-order valence-corrected chi connectivity index (χ4v) is 3.68. The Kier molecular flexibility index (Phi) is 4.59. The lowest BCUT2D eigenvalue weighted by atomic mass is 10.1. The molecule has 3 rings (SSSR count). The monoisotopic (exact) mass is 359 g/mol. The first kappa shape index (κ1) is 17.2. The maximum Gasteiger partial charge on any atom is 0.232 e. The van der Waals surface area contributed by atoms with Gasteiger partial charge in [-0.25, -0.2) is 17.5 Å². The molecule has 0 spiro atoms. The van der Waals surface area contributed by atoms with Crippen LogP contribution in [0.4, 0.5) is 10.1 Å². The van der Waals surface area contributed by atoms with Gasteiger partial charge in [-0.05, 0) is 43.3 Å². The van der Waals surface area contributed by atoms with Crippen molar-refractivity contribution in [3.63, 3.8) is 0 Å². The zero-order valence-electron chi connectivity index (χ0n) is 13.9. The minimum Gasteiger partial charge on any atom is -0.270 e. The van der Waals surface area contributed by atoms with Crippen molar-refractivity contribution in [2.24, 2.45) is 0 Å². The zero-order chi connectivity index (χ0) is 18.0. The van der Waals surface area contributed by atoms with Crippen LogP contribution in [0.2, 0.25) is 0 Å². The molecular formula is C18H18FN3O2S. The Morgan fingerprint density at radius 2 is 1.76 bits per heavy atom. The van der Waals surface area contributed by atoms with Crippen molar-refractivity contribution in [1.29, 1.82) is 0 Å². The smallest absolute Gasteiger partial charge is 0.232 e. The first-order valence-corrected chi connectivity index (χ1v) is 9.63. The summed E-state index contributed by atoms with van der Waals surface area (Å²) in [5, 5.41) is 4.51. The van der Waals surface area contributed by atoms with Gasteiger partial charge in [-0.1, -0.05) is 18.2 Å². The predicted molar refractivity (Wildman–Crippen MR) is 96.8 cm³/mol. The van der Waals surface area contributed by atoms with Crippen LogP contribution in [-0.4, -0.2) is 31.0 Å². The molecule has 25 heavy (non-hydrogen) atoms. The molecule has 0 N–H and O–H groups in total. The molecule has 0 atom stereocenters. The number of nitrogens with zero attached hydrogens (tertiary/aromatic N) is 3. The number of hydrogen-bond acceptors (Lipinski definition) is 3. The largest absolute Gasteiger partial charge is 0.270 e. The summed E-state index contributed by atoms with van der Waals surface area (Å²) in [5.41, 5.74) is 2.66. The van der Waals surface area contributed by atoms with E-state index in [1.807, 2.05) is 12.1 Å². The maximum atomic E-state index is 13.1. The molecule has 0 amide bonds. The van der Waals surface area contributed by atoms with Gasteiger partial charge in [0.1, 0.15) is 5.82 Å². The van der Waals surface area contributed by atoms with Crippen LogP contribution in [0.15, 0.2) is 60.8 Å². The van der Waals surface area contributed by atoms with Crippen LogP contribution in [0, 0.1) is 5.82 Å². The molecule has 5 nitrogen and oxygen atoms in total. The highest BCUT2D eigenvalue weighted by Gasteiger charge is 2.20. The summed E-state index contributed by atoms with van der Waals surface area (Å²) in [6, 6.07) is 15.0. The molecule has 2 aromatic carbocycles. The van der Waals surface area contributed by atoms with Gasteiger partial charge in [0.2, 0.25) is 10.0 Å². The highest BCUT2D eigenvalue weighted by Crippen LogP contribution is 2.31. The molecule has 0 saturated heterocycles. The van der Waals surface area contributed by atoms with Gasteiger partial charge in [0.25, 0.3) is 0 Å². The lowest BCUT2D eigenvalue weighted by Gasteiger charge is -2.22. The molecule has 1 heterocycles. The van der Waals surface area contributed by atoms with Crippen LogP contribution in [0.3, 0.4) is 0 Å². The van der Waals surface area contributed by atoms with E-state index in [0.717, 1.165) is 11.3 Å². The summed E-state index contributed by atoms with van der Waals surface area (Å²) in [7, 11) is -3.39. The number of rotatable bonds is 5. The van der Waals surface area contributed by atoms with Crippen molar-refractivity contribution in [3.05, 3.63) is 66.6 Å². The Bertz CT molecular complexity index is 982. The Hall–Kier alpha value is -2.67. The van der Waals surface area contributed by atoms with Gasteiger partial charge in [-0.15, -0.1) is 0 Å². The number of benzene rings is 2. The molecule has 3 aromatic rings. The van der Waals surface area contributed by atoms with E-state index in [-0.39, 0.29) is 5.82 Å². The lowest BCUT2D eigenvalue weighted by molar-refractivity contribution is 0.598. The van der Waals surface area contributed by atoms with Crippen LogP contribution in [0.25, 0.3) is 16.9 Å². The minimum atomic E-state index is -3.39. The molecule has 0 aliphatic rings. The predicted octanol–water partition coefficient (Wildman–Crippen LogP) is 3.46. The number of para-hydroxylation sites is 1. The first-order valence-electron chi connectivity index (χ1n) is 7.79. The van der Waals surface area contributed by atoms with E-state index >= 15 is 0 Å². The molecule has 0 aliphatic heterocycles. The molecule has 1 aromatic heterocycles. The zero-order valence-corrected chi connectivity index (χ0v) is 14.7. The average molecular weight is 359 g/mol. The molecule has 130 valence electrons. The molecule has 0 aliphatic carbocycles. The second-order valence-corrected chi connectivity index (χ2v) is 7.47. The third-order valence-electron chi connectivity index (χ3n) is 3.82. The average Bonchev–Trinajstić information content (AvgIpc) is 3.05. The van der Waals surface area contributed by atoms with Crippen LogP contribution in [-0.2, 0) is 10.0 Å². The van der Waals surface area contributed by atoms with Crippen LogP contribution >= 0.6 is 0 Å². The summed E-state index contributed by atoms with van der Waals surface area (Å²) in [6.45, 7) is 2.11. The third-order valence-corrected chi connectivity index (χ3v) is 5.07. The van der Waals surface area contributed by atoms with Crippen molar-refractivity contribution in [3.8, 4) is 16.9 Å². The summed E-state index contributed by atoms with van der Waals surface area (Å²) >= 11 is 0. The Morgan fingerprint density at radius 3 is 2.40 bits per heavy atom. The molecule has 7 heteroatoms. The van der Waals surface area contributed by atoms with Crippen LogP contribution in [0.5, 0.6) is 0 Å². The molecule has 0 saturated carbocycles. The standard InChI is InChI=1S/C18H18FN3O2S/c1-3-22(25(2,23)24)18-7-5-4-6-16(18)17-12-13-21(20-17)15-10-8-14(19)9-11-15/h4-13H,3H2,1-2H3. The quantitative estimate of drug-likeness (QED) is 0.701. The number of sulfonamides is 1. The van der Waals surface area contributed by atoms with Gasteiger partial charge in [0.05, 0.1) is 23.3 Å². The summed E-state index contributed by atoms with van der Waals surface area (Å²) < 4.78 is 40.2. The van der Waals surface area contributed by atoms with E-state index in [1.165, 1.54) is 22.7 Å². The van der Waals surface area contributed by atoms with Crippen molar-refractivity contribution in [1.82, 2.24) is 9.78 Å². The van der Waals surface area contributed by atoms with E-state index in [1.54, 1.807) is 48.1 Å². The van der Waals surface area contributed by atoms with Gasteiger partial charge < -0.3 is 0 Å². The van der Waals surface area contributed by atoms with Gasteiger partial charge in [0, 0.05) is 18.3 Å². The van der Waals surface area contributed by atoms with Crippen molar-refractivity contribution in [2.75, 3.05) is 17.1 Å². The Labute approximate surface area is 146 Å². The van der Waals surface area contributed by atoms with Crippen LogP contribution < -0.4 is 4.31 Å². The SMILES string of the molecule is CCN(c1ccccc1-c1ccn(-c2ccc(F)cc2)n1)S(C)(=O)=O. The number of halogens is 1. The number of hydrogen-bond donors (Lipinski definition) is 0. The number of aromatic nitrogens is 2. The topological polar surface area (TPSA) is 55.2 Å². The van der Waals surface area contributed by atoms with Gasteiger partial charge in [-0.3, -0.25) is 4.31 Å². The highest BCUT2D eigenvalue weighted by atomic mass is 32.2. The normalized spacial score (nSPS) is 11.5. The Balaban J connectivity index is 2.05. The number of anilines is 1. The van der Waals surface area contributed by atoms with Crippen LogP contribution in [0.1, 0.15) is 6.92 Å². The van der Waals surface area contributed by atoms with E-state index in [0.29, 0.717) is 17.9 Å². The third kappa shape index (κ3) is 3.56.